The van der Waals surface area contributed by atoms with Gasteiger partial charge < -0.3 is 9.84 Å². The first-order valence-corrected chi connectivity index (χ1v) is 9.14. The summed E-state index contributed by atoms with van der Waals surface area (Å²) in [4.78, 5) is 21.2. The van der Waals surface area contributed by atoms with Crippen molar-refractivity contribution in [3.05, 3.63) is 41.5 Å². The molecule has 1 aromatic carbocycles. The van der Waals surface area contributed by atoms with Gasteiger partial charge in [0.1, 0.15) is 0 Å². The molecule has 2 heterocycles. The number of nitrogens with zero attached hydrogens (tertiary/aromatic N) is 4. The van der Waals surface area contributed by atoms with E-state index in [1.54, 1.807) is 0 Å². The Kier molecular flexibility index (Phi) is 6.00. The lowest BCUT2D eigenvalue weighted by molar-refractivity contribution is -0.117. The topological polar surface area (TPSA) is 74.5 Å². The molecule has 3 rings (SSSR count). The van der Waals surface area contributed by atoms with E-state index >= 15 is 0 Å². The first-order chi connectivity index (χ1) is 12.5. The molecule has 7 heteroatoms. The summed E-state index contributed by atoms with van der Waals surface area (Å²) in [6.07, 6.45) is 0. The number of carbonyl (C=O) groups is 1. The van der Waals surface area contributed by atoms with Crippen LogP contribution in [0.1, 0.15) is 37.0 Å². The maximum atomic E-state index is 12.3. The zero-order valence-corrected chi connectivity index (χ0v) is 15.7. The molecule has 0 spiro atoms. The van der Waals surface area contributed by atoms with Crippen molar-refractivity contribution in [2.75, 3.05) is 38.0 Å². The van der Waals surface area contributed by atoms with Gasteiger partial charge >= 0.3 is 0 Å². The van der Waals surface area contributed by atoms with Crippen LogP contribution in [0.3, 0.4) is 0 Å². The van der Waals surface area contributed by atoms with Crippen molar-refractivity contribution in [3.63, 3.8) is 0 Å². The summed E-state index contributed by atoms with van der Waals surface area (Å²) < 4.78 is 5.32. The minimum Gasteiger partial charge on any atom is -0.338 e. The van der Waals surface area contributed by atoms with Crippen molar-refractivity contribution in [2.45, 2.75) is 33.2 Å². The number of benzene rings is 1. The second kappa shape index (κ2) is 8.42. The van der Waals surface area contributed by atoms with Gasteiger partial charge in [-0.1, -0.05) is 37.2 Å². The van der Waals surface area contributed by atoms with Crippen LogP contribution in [-0.4, -0.2) is 58.6 Å². The lowest BCUT2D eigenvalue weighted by Gasteiger charge is -2.33. The Morgan fingerprint density at radius 3 is 2.54 bits per heavy atom. The van der Waals surface area contributed by atoms with E-state index in [-0.39, 0.29) is 11.8 Å². The SMILES string of the molecule is Cc1ccccc1NC(=O)CN1CCN(Cc2nc(C(C)C)no2)CC1. The lowest BCUT2D eigenvalue weighted by atomic mass is 10.2. The molecule has 0 radical (unpaired) electrons. The van der Waals surface area contributed by atoms with Crippen LogP contribution in [0.4, 0.5) is 5.69 Å². The number of nitrogens with one attached hydrogen (secondary N) is 1. The fraction of sp³-hybridized carbons (Fsp3) is 0.526. The Morgan fingerprint density at radius 1 is 1.19 bits per heavy atom. The van der Waals surface area contributed by atoms with E-state index in [1.807, 2.05) is 31.2 Å². The maximum absolute atomic E-state index is 12.3. The number of aryl methyl sites for hydroxylation is 1. The van der Waals surface area contributed by atoms with Crippen LogP contribution in [0.25, 0.3) is 0 Å². The normalized spacial score (nSPS) is 16.2. The summed E-state index contributed by atoms with van der Waals surface area (Å²) in [6, 6.07) is 7.83. The smallest absolute Gasteiger partial charge is 0.240 e. The highest BCUT2D eigenvalue weighted by Crippen LogP contribution is 2.14. The van der Waals surface area contributed by atoms with E-state index in [0.717, 1.165) is 43.3 Å². The largest absolute Gasteiger partial charge is 0.338 e. The average molecular weight is 357 g/mol. The number of hydrogen-bond donors (Lipinski definition) is 1. The van der Waals surface area contributed by atoms with E-state index in [9.17, 15) is 4.79 Å². The van der Waals surface area contributed by atoms with Gasteiger partial charge in [-0.15, -0.1) is 0 Å². The predicted octanol–water partition coefficient (Wildman–Crippen LogP) is 2.26. The molecule has 0 saturated carbocycles. The third-order valence-electron chi connectivity index (χ3n) is 4.61. The number of rotatable bonds is 6. The summed E-state index contributed by atoms with van der Waals surface area (Å²) in [5, 5.41) is 7.00. The van der Waals surface area contributed by atoms with Crippen molar-refractivity contribution in [1.82, 2.24) is 19.9 Å². The van der Waals surface area contributed by atoms with E-state index in [2.05, 4.69) is 39.1 Å². The average Bonchev–Trinajstić information content (AvgIpc) is 3.07. The second-order valence-corrected chi connectivity index (χ2v) is 7.12. The zero-order valence-electron chi connectivity index (χ0n) is 15.7. The molecule has 140 valence electrons. The molecular formula is C19H27N5O2. The van der Waals surface area contributed by atoms with Crippen molar-refractivity contribution in [3.8, 4) is 0 Å². The Morgan fingerprint density at radius 2 is 1.88 bits per heavy atom. The Bertz CT molecular complexity index is 735. The molecule has 0 aliphatic carbocycles. The van der Waals surface area contributed by atoms with Crippen LogP contribution in [0.5, 0.6) is 0 Å². The van der Waals surface area contributed by atoms with Gasteiger partial charge in [-0.2, -0.15) is 4.98 Å². The Hall–Kier alpha value is -2.25. The molecule has 1 saturated heterocycles. The van der Waals surface area contributed by atoms with Crippen LogP contribution in [0, 0.1) is 6.92 Å². The van der Waals surface area contributed by atoms with Crippen LogP contribution >= 0.6 is 0 Å². The van der Waals surface area contributed by atoms with Gasteiger partial charge in [0.15, 0.2) is 5.82 Å². The molecule has 0 atom stereocenters. The summed E-state index contributed by atoms with van der Waals surface area (Å²) in [7, 11) is 0. The van der Waals surface area contributed by atoms with Crippen LogP contribution < -0.4 is 5.32 Å². The van der Waals surface area contributed by atoms with Crippen LogP contribution in [-0.2, 0) is 11.3 Å². The maximum Gasteiger partial charge on any atom is 0.240 e. The molecular weight excluding hydrogens is 330 g/mol. The lowest BCUT2D eigenvalue weighted by Crippen LogP contribution is -2.48. The number of anilines is 1. The highest BCUT2D eigenvalue weighted by atomic mass is 16.5. The van der Waals surface area contributed by atoms with E-state index in [0.29, 0.717) is 19.0 Å². The van der Waals surface area contributed by atoms with Crippen molar-refractivity contribution >= 4 is 11.6 Å². The standard InChI is InChI=1S/C19H27N5O2/c1-14(2)19-21-18(26-22-19)13-24-10-8-23(9-11-24)12-17(25)20-16-7-5-4-6-15(16)3/h4-7,14H,8-13H2,1-3H3,(H,20,25). The van der Waals surface area contributed by atoms with Gasteiger partial charge in [-0.3, -0.25) is 14.6 Å². The molecule has 1 aliphatic heterocycles. The molecule has 2 aromatic rings. The fourth-order valence-corrected chi connectivity index (χ4v) is 2.97. The first kappa shape index (κ1) is 18.5. The van der Waals surface area contributed by atoms with Crippen molar-refractivity contribution < 1.29 is 9.32 Å². The van der Waals surface area contributed by atoms with E-state index < -0.39 is 0 Å². The number of carbonyl (C=O) groups excluding carboxylic acids is 1. The van der Waals surface area contributed by atoms with Gasteiger partial charge in [0.2, 0.25) is 11.8 Å². The molecule has 1 aliphatic rings. The second-order valence-electron chi connectivity index (χ2n) is 7.12. The summed E-state index contributed by atoms with van der Waals surface area (Å²) in [5.41, 5.74) is 1.96. The predicted molar refractivity (Wildman–Crippen MR) is 99.9 cm³/mol. The molecule has 1 aromatic heterocycles. The molecule has 26 heavy (non-hydrogen) atoms. The number of aromatic nitrogens is 2. The molecule has 1 amide bonds. The molecule has 0 bridgehead atoms. The van der Waals surface area contributed by atoms with E-state index in [1.165, 1.54) is 0 Å². The minimum absolute atomic E-state index is 0.0335. The van der Waals surface area contributed by atoms with Gasteiger partial charge in [-0.25, -0.2) is 0 Å². The van der Waals surface area contributed by atoms with Gasteiger partial charge in [-0.05, 0) is 18.6 Å². The van der Waals surface area contributed by atoms with Crippen LogP contribution in [0.2, 0.25) is 0 Å². The van der Waals surface area contributed by atoms with E-state index in [4.69, 9.17) is 4.52 Å². The monoisotopic (exact) mass is 357 g/mol. The third kappa shape index (κ3) is 4.89. The minimum atomic E-state index is 0.0335. The van der Waals surface area contributed by atoms with Gasteiger partial charge in [0.05, 0.1) is 13.1 Å². The third-order valence-corrected chi connectivity index (χ3v) is 4.61. The molecule has 7 nitrogen and oxygen atoms in total. The summed E-state index contributed by atoms with van der Waals surface area (Å²) in [5.74, 6) is 1.73. The number of hydrogen-bond acceptors (Lipinski definition) is 6. The quantitative estimate of drug-likeness (QED) is 0.855. The number of amides is 1. The number of piperazine rings is 1. The van der Waals surface area contributed by atoms with Gasteiger partial charge in [0, 0.05) is 37.8 Å². The molecule has 1 N–H and O–H groups in total. The van der Waals surface area contributed by atoms with Crippen LogP contribution in [0.15, 0.2) is 28.8 Å². The molecule has 0 unspecified atom stereocenters. The number of para-hydroxylation sites is 1. The highest BCUT2D eigenvalue weighted by molar-refractivity contribution is 5.92. The first-order valence-electron chi connectivity index (χ1n) is 9.14. The van der Waals surface area contributed by atoms with Crippen molar-refractivity contribution in [2.24, 2.45) is 0 Å². The summed E-state index contributed by atoms with van der Waals surface area (Å²) >= 11 is 0. The fourth-order valence-electron chi connectivity index (χ4n) is 2.97. The van der Waals surface area contributed by atoms with Crippen molar-refractivity contribution in [1.29, 1.82) is 0 Å². The Labute approximate surface area is 154 Å². The Balaban J connectivity index is 1.43. The molecule has 1 fully saturated rings. The summed E-state index contributed by atoms with van der Waals surface area (Å²) in [6.45, 7) is 10.7. The zero-order chi connectivity index (χ0) is 18.5. The highest BCUT2D eigenvalue weighted by Gasteiger charge is 2.21. The van der Waals surface area contributed by atoms with Gasteiger partial charge in [0.25, 0.3) is 0 Å².